The number of nitrogens with one attached hydrogen (secondary N) is 1. The number of nitrogens with zero attached hydrogens (tertiary/aromatic N) is 6. The second kappa shape index (κ2) is 13.0. The Morgan fingerprint density at radius 3 is 2.55 bits per heavy atom. The summed E-state index contributed by atoms with van der Waals surface area (Å²) in [5.74, 6) is -0.961. The van der Waals surface area contributed by atoms with Gasteiger partial charge in [0.1, 0.15) is 11.4 Å². The molecule has 12 heteroatoms. The molecule has 2 aliphatic rings. The third kappa shape index (κ3) is 7.02. The number of aromatic nitrogens is 3. The molecule has 0 bridgehead atoms. The average molecular weight is 580 g/mol. The summed E-state index contributed by atoms with van der Waals surface area (Å²) in [6.45, 7) is 16.5. The molecule has 4 rings (SSSR count). The predicted molar refractivity (Wildman–Crippen MR) is 156 cm³/mol. The van der Waals surface area contributed by atoms with Gasteiger partial charge in [-0.15, -0.1) is 0 Å². The van der Waals surface area contributed by atoms with Crippen molar-refractivity contribution in [3.05, 3.63) is 53.3 Å². The van der Waals surface area contributed by atoms with Gasteiger partial charge in [0.05, 0.1) is 35.3 Å². The standard InChI is InChI=1S/C28H32FN7O4.C2H6/c1-16(13-30)24(17(2)29)20-12-22(25-21(32-20)15-35(26(25)38)27(39)40-28(4,5)6)36-11-9-23(33-36)34-10-7-8-19(14-34)31-18(3)37;1-2/h9,11-12,19H,2,7-8,10,14-15H2,1,3-6H3,(H,31,37);1-2H3/b24-16-;. The zero-order valence-corrected chi connectivity index (χ0v) is 25.2. The summed E-state index contributed by atoms with van der Waals surface area (Å²) < 4.78 is 21.4. The van der Waals surface area contributed by atoms with Gasteiger partial charge in [-0.25, -0.2) is 23.8 Å². The van der Waals surface area contributed by atoms with Crippen LogP contribution < -0.4 is 10.2 Å². The Morgan fingerprint density at radius 1 is 1.26 bits per heavy atom. The number of piperidine rings is 1. The van der Waals surface area contributed by atoms with Crippen molar-refractivity contribution in [3.8, 4) is 11.8 Å². The topological polar surface area (TPSA) is 133 Å². The SMILES string of the molecule is C=C(F)/C(=C(\C)C#N)c1cc(-n2ccc(N3CCCC(NC(C)=O)C3)n2)c2c(n1)CN(C(=O)OC(C)(C)C)C2=O.CC. The van der Waals surface area contributed by atoms with Crippen molar-refractivity contribution in [3.63, 3.8) is 0 Å². The summed E-state index contributed by atoms with van der Waals surface area (Å²) in [5, 5.41) is 17.1. The first kappa shape index (κ1) is 32.0. The average Bonchev–Trinajstić information content (AvgIpc) is 3.53. The van der Waals surface area contributed by atoms with Crippen LogP contribution in [-0.2, 0) is 16.1 Å². The molecule has 11 nitrogen and oxygen atoms in total. The minimum atomic E-state index is -0.857. The number of ether oxygens (including phenoxy) is 1. The van der Waals surface area contributed by atoms with E-state index in [2.05, 4.69) is 22.0 Å². The Hall–Kier alpha value is -4.53. The van der Waals surface area contributed by atoms with E-state index >= 15 is 0 Å². The van der Waals surface area contributed by atoms with Gasteiger partial charge in [0.2, 0.25) is 5.91 Å². The first-order valence-corrected chi connectivity index (χ1v) is 13.9. The van der Waals surface area contributed by atoms with Crippen LogP contribution in [0.2, 0.25) is 0 Å². The smallest absolute Gasteiger partial charge is 0.417 e. The van der Waals surface area contributed by atoms with Crippen LogP contribution in [0.15, 0.2) is 36.3 Å². The normalized spacial score (nSPS) is 16.9. The number of pyridine rings is 1. The minimum absolute atomic E-state index is 0.0191. The molecule has 1 atom stereocenters. The second-order valence-corrected chi connectivity index (χ2v) is 10.8. The summed E-state index contributed by atoms with van der Waals surface area (Å²) >= 11 is 0. The maximum atomic E-state index is 14.6. The Balaban J connectivity index is 0.00000237. The number of hydrogen-bond acceptors (Lipinski definition) is 8. The largest absolute Gasteiger partial charge is 0.443 e. The molecule has 2 aromatic heterocycles. The molecule has 2 aliphatic heterocycles. The number of amides is 3. The number of nitriles is 1. The van der Waals surface area contributed by atoms with Crippen LogP contribution in [0.3, 0.4) is 0 Å². The Kier molecular flexibility index (Phi) is 9.88. The Bertz CT molecular complexity index is 1460. The maximum Gasteiger partial charge on any atom is 0.417 e. The van der Waals surface area contributed by atoms with Gasteiger partial charge < -0.3 is 15.0 Å². The quantitative estimate of drug-likeness (QED) is 0.383. The fourth-order valence-corrected chi connectivity index (χ4v) is 4.86. The maximum absolute atomic E-state index is 14.6. The molecule has 224 valence electrons. The van der Waals surface area contributed by atoms with E-state index in [-0.39, 0.29) is 52.3 Å². The molecule has 1 N–H and O–H groups in total. The van der Waals surface area contributed by atoms with Gasteiger partial charge in [0, 0.05) is 49.5 Å². The molecule has 1 fully saturated rings. The zero-order chi connectivity index (χ0) is 31.4. The van der Waals surface area contributed by atoms with Crippen molar-refractivity contribution in [2.75, 3.05) is 18.0 Å². The van der Waals surface area contributed by atoms with Crippen LogP contribution >= 0.6 is 0 Å². The number of carbonyl (C=O) groups excluding carboxylic acids is 3. The van der Waals surface area contributed by atoms with Crippen molar-refractivity contribution in [2.45, 2.75) is 79.5 Å². The molecule has 0 saturated carbocycles. The van der Waals surface area contributed by atoms with E-state index in [1.54, 1.807) is 33.0 Å². The van der Waals surface area contributed by atoms with Crippen molar-refractivity contribution in [1.29, 1.82) is 5.26 Å². The van der Waals surface area contributed by atoms with Crippen LogP contribution in [0.5, 0.6) is 0 Å². The van der Waals surface area contributed by atoms with Gasteiger partial charge in [-0.05, 0) is 46.6 Å². The van der Waals surface area contributed by atoms with Crippen molar-refractivity contribution < 1.29 is 23.5 Å². The summed E-state index contributed by atoms with van der Waals surface area (Å²) in [4.78, 5) is 45.4. The van der Waals surface area contributed by atoms with Gasteiger partial charge in [-0.2, -0.15) is 10.4 Å². The third-order valence-electron chi connectivity index (χ3n) is 6.50. The van der Waals surface area contributed by atoms with Crippen LogP contribution in [0.4, 0.5) is 15.0 Å². The van der Waals surface area contributed by atoms with E-state index in [1.807, 2.05) is 24.8 Å². The molecular formula is C30H38FN7O4. The van der Waals surface area contributed by atoms with Crippen LogP contribution in [0, 0.1) is 11.3 Å². The molecule has 0 aromatic carbocycles. The van der Waals surface area contributed by atoms with Crippen LogP contribution in [0.1, 0.15) is 83.1 Å². The van der Waals surface area contributed by atoms with Crippen LogP contribution in [0.25, 0.3) is 11.3 Å². The van der Waals surface area contributed by atoms with E-state index in [0.717, 1.165) is 24.3 Å². The van der Waals surface area contributed by atoms with Crippen molar-refractivity contribution in [2.24, 2.45) is 0 Å². The lowest BCUT2D eigenvalue weighted by Gasteiger charge is -2.33. The fourth-order valence-electron chi connectivity index (χ4n) is 4.86. The lowest BCUT2D eigenvalue weighted by Crippen LogP contribution is -2.47. The molecule has 2 aromatic rings. The van der Waals surface area contributed by atoms with Crippen LogP contribution in [-0.4, -0.2) is 62.3 Å². The number of imide groups is 1. The lowest BCUT2D eigenvalue weighted by molar-refractivity contribution is -0.119. The monoisotopic (exact) mass is 579 g/mol. The van der Waals surface area contributed by atoms with Gasteiger partial charge in [-0.3, -0.25) is 9.59 Å². The lowest BCUT2D eigenvalue weighted by atomic mass is 10.0. The molecule has 1 unspecified atom stereocenters. The van der Waals surface area contributed by atoms with E-state index in [0.29, 0.717) is 12.4 Å². The fraction of sp³-hybridized carbons (Fsp3) is 0.467. The molecule has 1 saturated heterocycles. The van der Waals surface area contributed by atoms with Crippen molar-refractivity contribution >= 4 is 29.3 Å². The first-order valence-electron chi connectivity index (χ1n) is 13.9. The zero-order valence-electron chi connectivity index (χ0n) is 25.2. The predicted octanol–water partition coefficient (Wildman–Crippen LogP) is 5.07. The summed E-state index contributed by atoms with van der Waals surface area (Å²) in [6, 6.07) is 5.15. The molecular weight excluding hydrogens is 541 g/mol. The number of fused-ring (bicyclic) bond motifs is 1. The number of allylic oxidation sites excluding steroid dienone is 3. The van der Waals surface area contributed by atoms with E-state index in [4.69, 9.17) is 4.74 Å². The van der Waals surface area contributed by atoms with E-state index in [9.17, 15) is 24.0 Å². The highest BCUT2D eigenvalue weighted by Gasteiger charge is 2.39. The summed E-state index contributed by atoms with van der Waals surface area (Å²) in [5.41, 5.74) is -0.193. The Labute approximate surface area is 245 Å². The van der Waals surface area contributed by atoms with E-state index in [1.165, 1.54) is 24.6 Å². The highest BCUT2D eigenvalue weighted by Crippen LogP contribution is 2.34. The third-order valence-corrected chi connectivity index (χ3v) is 6.50. The number of rotatable bonds is 5. The molecule has 0 aliphatic carbocycles. The second-order valence-electron chi connectivity index (χ2n) is 10.8. The molecule has 0 radical (unpaired) electrons. The van der Waals surface area contributed by atoms with Gasteiger partial charge >= 0.3 is 6.09 Å². The number of anilines is 1. The molecule has 0 spiro atoms. The van der Waals surface area contributed by atoms with Crippen molar-refractivity contribution in [1.82, 2.24) is 25.0 Å². The number of halogens is 1. The highest BCUT2D eigenvalue weighted by atomic mass is 19.1. The molecule has 3 amide bonds. The highest BCUT2D eigenvalue weighted by molar-refractivity contribution is 6.08. The van der Waals surface area contributed by atoms with E-state index < -0.39 is 23.4 Å². The molecule has 4 heterocycles. The van der Waals surface area contributed by atoms with Gasteiger partial charge in [0.15, 0.2) is 5.82 Å². The molecule has 42 heavy (non-hydrogen) atoms. The number of hydrogen-bond donors (Lipinski definition) is 1. The van der Waals surface area contributed by atoms with Gasteiger partial charge in [-0.1, -0.05) is 20.4 Å². The summed E-state index contributed by atoms with van der Waals surface area (Å²) in [7, 11) is 0. The summed E-state index contributed by atoms with van der Waals surface area (Å²) in [6.07, 6.45) is 2.54. The number of carbonyl (C=O) groups is 3. The first-order chi connectivity index (χ1) is 19.8. The minimum Gasteiger partial charge on any atom is -0.443 e. The van der Waals surface area contributed by atoms with Gasteiger partial charge in [0.25, 0.3) is 5.91 Å². The Morgan fingerprint density at radius 2 is 1.95 bits per heavy atom.